The second kappa shape index (κ2) is 7.39. The van der Waals surface area contributed by atoms with Crippen LogP contribution in [0.5, 0.6) is 0 Å². The molecule has 0 heterocycles. The lowest BCUT2D eigenvalue weighted by Crippen LogP contribution is -2.31. The molecule has 1 atom stereocenters. The third-order valence-electron chi connectivity index (χ3n) is 3.00. The highest BCUT2D eigenvalue weighted by Crippen LogP contribution is 2.12. The highest BCUT2D eigenvalue weighted by Gasteiger charge is 2.10. The van der Waals surface area contributed by atoms with Gasteiger partial charge < -0.3 is 16.0 Å². The van der Waals surface area contributed by atoms with E-state index in [9.17, 15) is 4.79 Å². The Morgan fingerprint density at radius 3 is 2.95 bits per heavy atom. The predicted octanol–water partition coefficient (Wildman–Crippen LogP) is 1.83. The Morgan fingerprint density at radius 2 is 2.32 bits per heavy atom. The van der Waals surface area contributed by atoms with E-state index in [0.717, 1.165) is 0 Å². The van der Waals surface area contributed by atoms with Crippen molar-refractivity contribution in [1.82, 2.24) is 4.90 Å². The van der Waals surface area contributed by atoms with Crippen molar-refractivity contribution < 1.29 is 4.79 Å². The van der Waals surface area contributed by atoms with E-state index in [1.54, 1.807) is 24.3 Å². The largest absolute Gasteiger partial charge is 0.399 e. The minimum absolute atomic E-state index is 0.0541. The zero-order chi connectivity index (χ0) is 14.3. The first kappa shape index (κ1) is 15.0. The lowest BCUT2D eigenvalue weighted by Gasteiger charge is -2.22. The van der Waals surface area contributed by atoms with Gasteiger partial charge in [-0.2, -0.15) is 5.26 Å². The first-order chi connectivity index (χ1) is 9.02. The fourth-order valence-corrected chi connectivity index (χ4v) is 1.63. The summed E-state index contributed by atoms with van der Waals surface area (Å²) in [6.07, 6.45) is 0.856. The Bertz CT molecular complexity index is 467. The van der Waals surface area contributed by atoms with E-state index < -0.39 is 0 Å². The summed E-state index contributed by atoms with van der Waals surface area (Å²) in [6, 6.07) is 9.38. The second-order valence-corrected chi connectivity index (χ2v) is 4.62. The molecule has 19 heavy (non-hydrogen) atoms. The van der Waals surface area contributed by atoms with E-state index in [-0.39, 0.29) is 11.9 Å². The number of rotatable bonds is 6. The molecule has 1 aromatic carbocycles. The molecule has 5 nitrogen and oxygen atoms in total. The molecule has 3 N–H and O–H groups in total. The number of nitrogens with one attached hydrogen (secondary N) is 1. The molecular weight excluding hydrogens is 240 g/mol. The maximum atomic E-state index is 11.8. The minimum Gasteiger partial charge on any atom is -0.399 e. The molecule has 1 unspecified atom stereocenters. The molecular formula is C14H20N4O. The first-order valence-corrected chi connectivity index (χ1v) is 6.25. The van der Waals surface area contributed by atoms with Gasteiger partial charge in [-0.1, -0.05) is 6.07 Å². The SMILES string of the molecule is CC(CC#N)N(C)CCC(=O)Nc1cccc(N)c1. The van der Waals surface area contributed by atoms with Crippen molar-refractivity contribution in [2.75, 3.05) is 24.6 Å². The van der Waals surface area contributed by atoms with E-state index in [1.165, 1.54) is 0 Å². The van der Waals surface area contributed by atoms with Gasteiger partial charge in [-0.25, -0.2) is 0 Å². The molecule has 0 aromatic heterocycles. The van der Waals surface area contributed by atoms with Gasteiger partial charge in [0.25, 0.3) is 0 Å². The van der Waals surface area contributed by atoms with Gasteiger partial charge in [0.2, 0.25) is 5.91 Å². The van der Waals surface area contributed by atoms with E-state index >= 15 is 0 Å². The number of nitrogen functional groups attached to an aromatic ring is 1. The number of nitrogens with zero attached hydrogens (tertiary/aromatic N) is 2. The number of carbonyl (C=O) groups is 1. The lowest BCUT2D eigenvalue weighted by atomic mass is 10.2. The topological polar surface area (TPSA) is 82.2 Å². The molecule has 102 valence electrons. The van der Waals surface area contributed by atoms with E-state index in [2.05, 4.69) is 11.4 Å². The highest BCUT2D eigenvalue weighted by atomic mass is 16.1. The maximum absolute atomic E-state index is 11.8. The fourth-order valence-electron chi connectivity index (χ4n) is 1.63. The number of nitrogens with two attached hydrogens (primary N) is 1. The smallest absolute Gasteiger partial charge is 0.225 e. The number of amides is 1. The Morgan fingerprint density at radius 1 is 1.58 bits per heavy atom. The quantitative estimate of drug-likeness (QED) is 0.764. The molecule has 1 aromatic rings. The van der Waals surface area contributed by atoms with Gasteiger partial charge in [0.15, 0.2) is 0 Å². The average molecular weight is 260 g/mol. The van der Waals surface area contributed by atoms with Crippen LogP contribution in [0.3, 0.4) is 0 Å². The zero-order valence-electron chi connectivity index (χ0n) is 11.4. The van der Waals surface area contributed by atoms with Crippen LogP contribution in [0, 0.1) is 11.3 Å². The molecule has 0 spiro atoms. The Labute approximate surface area is 114 Å². The molecule has 0 saturated heterocycles. The van der Waals surface area contributed by atoms with Crippen molar-refractivity contribution in [3.63, 3.8) is 0 Å². The van der Waals surface area contributed by atoms with Crippen LogP contribution in [0.4, 0.5) is 11.4 Å². The van der Waals surface area contributed by atoms with E-state index in [4.69, 9.17) is 11.0 Å². The molecule has 0 bridgehead atoms. The van der Waals surface area contributed by atoms with Gasteiger partial charge in [-0.05, 0) is 32.2 Å². The van der Waals surface area contributed by atoms with Gasteiger partial charge in [0, 0.05) is 30.4 Å². The van der Waals surface area contributed by atoms with Crippen LogP contribution in [0.1, 0.15) is 19.8 Å². The molecule has 0 saturated carbocycles. The maximum Gasteiger partial charge on any atom is 0.225 e. The Kier molecular flexibility index (Phi) is 5.83. The standard InChI is InChI=1S/C14H20N4O/c1-11(6-8-15)18(2)9-7-14(19)17-13-5-3-4-12(16)10-13/h3-5,10-11H,6-7,9,16H2,1-2H3,(H,17,19). The number of benzene rings is 1. The summed E-state index contributed by atoms with van der Waals surface area (Å²) in [4.78, 5) is 13.8. The monoisotopic (exact) mass is 260 g/mol. The Balaban J connectivity index is 2.38. The summed E-state index contributed by atoms with van der Waals surface area (Å²) in [5.41, 5.74) is 6.97. The Hall–Kier alpha value is -2.06. The molecule has 0 aliphatic heterocycles. The third-order valence-corrected chi connectivity index (χ3v) is 3.00. The van der Waals surface area contributed by atoms with E-state index in [1.807, 2.05) is 18.9 Å². The molecule has 0 aliphatic rings. The predicted molar refractivity (Wildman–Crippen MR) is 76.4 cm³/mol. The van der Waals surface area contributed by atoms with Crippen molar-refractivity contribution in [1.29, 1.82) is 5.26 Å². The summed E-state index contributed by atoms with van der Waals surface area (Å²) in [7, 11) is 1.91. The van der Waals surface area contributed by atoms with Crippen LogP contribution < -0.4 is 11.1 Å². The summed E-state index contributed by atoms with van der Waals surface area (Å²) in [5, 5.41) is 11.4. The molecule has 5 heteroatoms. The van der Waals surface area contributed by atoms with Crippen molar-refractivity contribution in [3.05, 3.63) is 24.3 Å². The molecule has 1 rings (SSSR count). The van der Waals surface area contributed by atoms with Crippen LogP contribution in [0.25, 0.3) is 0 Å². The average Bonchev–Trinajstić information content (AvgIpc) is 2.36. The normalized spacial score (nSPS) is 11.9. The third kappa shape index (κ3) is 5.40. The van der Waals surface area contributed by atoms with Crippen LogP contribution >= 0.6 is 0 Å². The zero-order valence-corrected chi connectivity index (χ0v) is 11.4. The lowest BCUT2D eigenvalue weighted by molar-refractivity contribution is -0.116. The van der Waals surface area contributed by atoms with Gasteiger partial charge >= 0.3 is 0 Å². The van der Waals surface area contributed by atoms with Crippen LogP contribution in [0.2, 0.25) is 0 Å². The first-order valence-electron chi connectivity index (χ1n) is 6.25. The molecule has 0 fully saturated rings. The van der Waals surface area contributed by atoms with Gasteiger partial charge in [-0.3, -0.25) is 4.79 Å². The van der Waals surface area contributed by atoms with E-state index in [0.29, 0.717) is 30.8 Å². The summed E-state index contributed by atoms with van der Waals surface area (Å²) >= 11 is 0. The van der Waals surface area contributed by atoms with Crippen molar-refractivity contribution in [2.45, 2.75) is 25.8 Å². The summed E-state index contributed by atoms with van der Waals surface area (Å²) in [6.45, 7) is 2.59. The number of hydrogen-bond acceptors (Lipinski definition) is 4. The number of anilines is 2. The van der Waals surface area contributed by atoms with Gasteiger partial charge in [0.05, 0.1) is 12.5 Å². The van der Waals surface area contributed by atoms with Crippen LogP contribution in [-0.2, 0) is 4.79 Å². The molecule has 0 radical (unpaired) electrons. The van der Waals surface area contributed by atoms with Crippen LogP contribution in [0.15, 0.2) is 24.3 Å². The van der Waals surface area contributed by atoms with Crippen molar-refractivity contribution >= 4 is 17.3 Å². The van der Waals surface area contributed by atoms with Crippen molar-refractivity contribution in [3.8, 4) is 6.07 Å². The number of nitriles is 1. The van der Waals surface area contributed by atoms with Crippen LogP contribution in [-0.4, -0.2) is 30.4 Å². The summed E-state index contributed by atoms with van der Waals surface area (Å²) in [5.74, 6) is -0.0541. The molecule has 0 aliphatic carbocycles. The highest BCUT2D eigenvalue weighted by molar-refractivity contribution is 5.91. The van der Waals surface area contributed by atoms with Gasteiger partial charge in [0.1, 0.15) is 0 Å². The minimum atomic E-state index is -0.0541. The number of carbonyl (C=O) groups excluding carboxylic acids is 1. The van der Waals surface area contributed by atoms with Gasteiger partial charge in [-0.15, -0.1) is 0 Å². The molecule has 1 amide bonds. The fraction of sp³-hybridized carbons (Fsp3) is 0.429. The summed E-state index contributed by atoms with van der Waals surface area (Å²) < 4.78 is 0. The number of hydrogen-bond donors (Lipinski definition) is 2. The second-order valence-electron chi connectivity index (χ2n) is 4.62. The van der Waals surface area contributed by atoms with Crippen molar-refractivity contribution in [2.24, 2.45) is 0 Å².